The highest BCUT2D eigenvalue weighted by atomic mass is 16.7. The molecule has 25 heavy (non-hydrogen) atoms. The van der Waals surface area contributed by atoms with Gasteiger partial charge in [0.1, 0.15) is 5.69 Å². The number of hydrogen-bond acceptors (Lipinski definition) is 5. The monoisotopic (exact) mass is 338 g/mol. The molecule has 1 aliphatic rings. The number of benzene rings is 1. The molecule has 4 rings (SSSR count). The lowest BCUT2D eigenvalue weighted by molar-refractivity contribution is 0.0934. The molecular weight excluding hydrogens is 320 g/mol. The molecule has 0 saturated heterocycles. The average Bonchev–Trinajstić information content (AvgIpc) is 3.26. The van der Waals surface area contributed by atoms with Crippen LogP contribution in [0.4, 0.5) is 0 Å². The lowest BCUT2D eigenvalue weighted by Gasteiger charge is -2.10. The van der Waals surface area contributed by atoms with Gasteiger partial charge < -0.3 is 14.8 Å². The number of carbonyl (C=O) groups excluding carboxylic acids is 1. The maximum absolute atomic E-state index is 12.3. The molecule has 1 atom stereocenters. The highest BCUT2D eigenvalue weighted by Gasteiger charge is 2.17. The molecule has 7 nitrogen and oxygen atoms in total. The number of nitrogens with one attached hydrogen (secondary N) is 1. The maximum Gasteiger partial charge on any atom is 0.270 e. The van der Waals surface area contributed by atoms with Crippen molar-refractivity contribution in [3.05, 3.63) is 42.4 Å². The van der Waals surface area contributed by atoms with Crippen molar-refractivity contribution in [2.75, 3.05) is 6.79 Å². The van der Waals surface area contributed by atoms with Gasteiger partial charge in [0.25, 0.3) is 5.91 Å². The minimum Gasteiger partial charge on any atom is -0.454 e. The highest BCUT2D eigenvalue weighted by molar-refractivity contribution is 5.93. The average molecular weight is 338 g/mol. The lowest BCUT2D eigenvalue weighted by Crippen LogP contribution is -2.32. The quantitative estimate of drug-likeness (QED) is 0.791. The van der Waals surface area contributed by atoms with Crippen molar-refractivity contribution in [1.29, 1.82) is 0 Å². The fraction of sp³-hybridized carbons (Fsp3) is 0.278. The third-order valence-electron chi connectivity index (χ3n) is 4.28. The number of amides is 1. The van der Waals surface area contributed by atoms with Crippen LogP contribution in [0, 0.1) is 0 Å². The number of fused-ring (bicyclic) bond motifs is 2. The van der Waals surface area contributed by atoms with Crippen LogP contribution in [0.1, 0.15) is 30.8 Å². The Hall–Kier alpha value is -3.09. The van der Waals surface area contributed by atoms with E-state index in [0.717, 1.165) is 23.3 Å². The molecule has 1 unspecified atom stereocenters. The van der Waals surface area contributed by atoms with Crippen LogP contribution >= 0.6 is 0 Å². The smallest absolute Gasteiger partial charge is 0.270 e. The Balaban J connectivity index is 1.73. The van der Waals surface area contributed by atoms with Gasteiger partial charge in [0.15, 0.2) is 17.1 Å². The second-order valence-electron chi connectivity index (χ2n) is 5.99. The predicted molar refractivity (Wildman–Crippen MR) is 91.8 cm³/mol. The van der Waals surface area contributed by atoms with Gasteiger partial charge in [-0.1, -0.05) is 13.0 Å². The summed E-state index contributed by atoms with van der Waals surface area (Å²) in [7, 11) is 0. The fourth-order valence-corrected chi connectivity index (χ4v) is 2.66. The van der Waals surface area contributed by atoms with E-state index in [4.69, 9.17) is 9.47 Å². The van der Waals surface area contributed by atoms with E-state index in [-0.39, 0.29) is 18.7 Å². The number of rotatable bonds is 4. The first-order valence-electron chi connectivity index (χ1n) is 8.21. The molecule has 0 bridgehead atoms. The van der Waals surface area contributed by atoms with Crippen LogP contribution in [0.5, 0.6) is 11.5 Å². The van der Waals surface area contributed by atoms with Crippen LogP contribution in [0.3, 0.4) is 0 Å². The Morgan fingerprint density at radius 1 is 1.32 bits per heavy atom. The van der Waals surface area contributed by atoms with Crippen molar-refractivity contribution < 1.29 is 14.3 Å². The summed E-state index contributed by atoms with van der Waals surface area (Å²) >= 11 is 0. The molecule has 2 aromatic heterocycles. The molecule has 128 valence electrons. The molecule has 1 N–H and O–H groups in total. The van der Waals surface area contributed by atoms with Crippen LogP contribution < -0.4 is 14.8 Å². The Labute approximate surface area is 144 Å². The van der Waals surface area contributed by atoms with E-state index in [2.05, 4.69) is 15.4 Å². The van der Waals surface area contributed by atoms with Crippen molar-refractivity contribution in [3.8, 4) is 22.6 Å². The van der Waals surface area contributed by atoms with Gasteiger partial charge in [0.2, 0.25) is 6.79 Å². The summed E-state index contributed by atoms with van der Waals surface area (Å²) in [5, 5.41) is 7.24. The van der Waals surface area contributed by atoms with Crippen LogP contribution in [0.2, 0.25) is 0 Å². The van der Waals surface area contributed by atoms with Crippen molar-refractivity contribution in [1.82, 2.24) is 19.9 Å². The number of ether oxygens (including phenoxy) is 2. The van der Waals surface area contributed by atoms with Gasteiger partial charge in [0, 0.05) is 17.8 Å². The van der Waals surface area contributed by atoms with Crippen molar-refractivity contribution >= 4 is 11.6 Å². The van der Waals surface area contributed by atoms with E-state index in [9.17, 15) is 4.79 Å². The Kier molecular flexibility index (Phi) is 3.76. The first kappa shape index (κ1) is 15.4. The summed E-state index contributed by atoms with van der Waals surface area (Å²) in [5.74, 6) is 1.24. The van der Waals surface area contributed by atoms with Gasteiger partial charge in [-0.25, -0.2) is 9.50 Å². The Bertz CT molecular complexity index is 951. The van der Waals surface area contributed by atoms with Gasteiger partial charge in [-0.2, -0.15) is 5.10 Å². The zero-order valence-corrected chi connectivity index (χ0v) is 14.0. The summed E-state index contributed by atoms with van der Waals surface area (Å²) in [4.78, 5) is 16.8. The van der Waals surface area contributed by atoms with Gasteiger partial charge in [-0.3, -0.25) is 4.79 Å². The van der Waals surface area contributed by atoms with Crippen molar-refractivity contribution in [2.45, 2.75) is 26.3 Å². The van der Waals surface area contributed by atoms with Gasteiger partial charge in [0.05, 0.1) is 6.20 Å². The topological polar surface area (TPSA) is 77.8 Å². The van der Waals surface area contributed by atoms with E-state index in [1.807, 2.05) is 32.0 Å². The van der Waals surface area contributed by atoms with Crippen molar-refractivity contribution in [3.63, 3.8) is 0 Å². The maximum atomic E-state index is 12.3. The van der Waals surface area contributed by atoms with Crippen LogP contribution in [0.25, 0.3) is 16.8 Å². The van der Waals surface area contributed by atoms with E-state index in [1.54, 1.807) is 23.0 Å². The molecule has 1 amide bonds. The third-order valence-corrected chi connectivity index (χ3v) is 4.28. The first-order valence-corrected chi connectivity index (χ1v) is 8.21. The van der Waals surface area contributed by atoms with Crippen LogP contribution in [-0.4, -0.2) is 33.3 Å². The van der Waals surface area contributed by atoms with Gasteiger partial charge >= 0.3 is 0 Å². The summed E-state index contributed by atoms with van der Waals surface area (Å²) in [6, 6.07) is 7.45. The van der Waals surface area contributed by atoms with E-state index in [0.29, 0.717) is 17.1 Å². The normalized spacial score (nSPS) is 13.8. The predicted octanol–water partition coefficient (Wildman–Crippen LogP) is 2.65. The molecule has 0 aliphatic carbocycles. The van der Waals surface area contributed by atoms with Gasteiger partial charge in [-0.15, -0.1) is 0 Å². The zero-order chi connectivity index (χ0) is 17.4. The van der Waals surface area contributed by atoms with E-state index in [1.165, 1.54) is 0 Å². The molecule has 7 heteroatoms. The molecule has 0 spiro atoms. The molecule has 1 aromatic carbocycles. The first-order chi connectivity index (χ1) is 12.2. The largest absolute Gasteiger partial charge is 0.454 e. The molecule has 0 radical (unpaired) electrons. The lowest BCUT2D eigenvalue weighted by atomic mass is 10.1. The van der Waals surface area contributed by atoms with Crippen LogP contribution in [-0.2, 0) is 0 Å². The van der Waals surface area contributed by atoms with Crippen molar-refractivity contribution in [2.24, 2.45) is 0 Å². The molecule has 1 aliphatic heterocycles. The number of carbonyl (C=O) groups is 1. The SMILES string of the molecule is CCC(C)NC(=O)c1ccn2ncc(-c3ccc4c(c3)OCO4)c2n1. The minimum absolute atomic E-state index is 0.101. The molecule has 0 fully saturated rings. The number of nitrogens with zero attached hydrogens (tertiary/aromatic N) is 3. The summed E-state index contributed by atoms with van der Waals surface area (Å²) in [6.45, 7) is 4.22. The summed E-state index contributed by atoms with van der Waals surface area (Å²) in [6.07, 6.45) is 4.34. The molecular formula is C18H18N4O3. The standard InChI is InChI=1S/C18H18N4O3/c1-3-11(2)20-18(23)14-6-7-22-17(21-14)13(9-19-22)12-4-5-15-16(8-12)25-10-24-15/h4-9,11H,3,10H2,1-2H3,(H,20,23). The fourth-order valence-electron chi connectivity index (χ4n) is 2.66. The van der Waals surface area contributed by atoms with E-state index >= 15 is 0 Å². The van der Waals surface area contributed by atoms with Gasteiger partial charge in [-0.05, 0) is 37.1 Å². The summed E-state index contributed by atoms with van der Waals surface area (Å²) in [5.41, 5.74) is 2.73. The molecule has 0 saturated carbocycles. The van der Waals surface area contributed by atoms with Crippen LogP contribution in [0.15, 0.2) is 36.7 Å². The van der Waals surface area contributed by atoms with E-state index < -0.39 is 0 Å². The minimum atomic E-state index is -0.185. The highest BCUT2D eigenvalue weighted by Crippen LogP contribution is 2.36. The molecule has 3 heterocycles. The molecule has 3 aromatic rings. The second kappa shape index (κ2) is 6.08. The zero-order valence-electron chi connectivity index (χ0n) is 14.0. The third kappa shape index (κ3) is 2.77. The Morgan fingerprint density at radius 2 is 2.16 bits per heavy atom. The number of aromatic nitrogens is 3. The summed E-state index contributed by atoms with van der Waals surface area (Å²) < 4.78 is 12.4. The Morgan fingerprint density at radius 3 is 3.00 bits per heavy atom. The number of hydrogen-bond donors (Lipinski definition) is 1. The second-order valence-corrected chi connectivity index (χ2v) is 5.99.